The highest BCUT2D eigenvalue weighted by molar-refractivity contribution is 5.88. The van der Waals surface area contributed by atoms with E-state index < -0.39 is 12.0 Å². The second kappa shape index (κ2) is 10.6. The molecule has 3 aromatic carbocycles. The van der Waals surface area contributed by atoms with Crippen LogP contribution >= 0.6 is 0 Å². The summed E-state index contributed by atoms with van der Waals surface area (Å²) in [6.07, 6.45) is 1.16. The fourth-order valence-electron chi connectivity index (χ4n) is 4.66. The molecule has 3 aromatic rings. The molecule has 0 aliphatic heterocycles. The number of carboxylic acid groups (broad SMARTS) is 1. The third-order valence-corrected chi connectivity index (χ3v) is 6.33. The first-order valence-corrected chi connectivity index (χ1v) is 11.6. The zero-order valence-corrected chi connectivity index (χ0v) is 21.0. The van der Waals surface area contributed by atoms with Gasteiger partial charge in [0.2, 0.25) is 17.1 Å². The molecular formula is C28H28N2O7. The Kier molecular flexibility index (Phi) is 7.33. The molecule has 0 aromatic heterocycles. The van der Waals surface area contributed by atoms with E-state index in [4.69, 9.17) is 19.3 Å². The van der Waals surface area contributed by atoms with Gasteiger partial charge in [-0.15, -0.1) is 0 Å². The number of aromatic carboxylic acids is 1. The number of benzene rings is 2. The van der Waals surface area contributed by atoms with Crippen LogP contribution in [0.2, 0.25) is 0 Å². The van der Waals surface area contributed by atoms with Gasteiger partial charge in [0.15, 0.2) is 11.5 Å². The number of fused-ring (bicyclic) bond motifs is 3. The van der Waals surface area contributed by atoms with Gasteiger partial charge in [-0.05, 0) is 72.0 Å². The number of aryl methyl sites for hydroxylation is 1. The standard InChI is InChI=1S/C28H28N2O7/c1-15(31)29-21-11-7-17-13-24(35-2)26(36-3)27(37-4)25(17)19-10-12-22(23(32)14-20(19)21)30-18-8-5-16(6-9-18)28(33)34/h5-6,8-10,12-14,21H,7,11H2,1-4H3,(H,29,31)(H,30,32)(H,33,34)/t21-/m1/s1. The molecule has 1 aliphatic carbocycles. The molecule has 0 spiro atoms. The van der Waals surface area contributed by atoms with Gasteiger partial charge in [0.1, 0.15) is 0 Å². The molecule has 4 rings (SSSR count). The van der Waals surface area contributed by atoms with Gasteiger partial charge in [-0.25, -0.2) is 4.79 Å². The molecule has 1 atom stereocenters. The molecule has 1 amide bonds. The molecule has 192 valence electrons. The summed E-state index contributed by atoms with van der Waals surface area (Å²) in [7, 11) is 4.63. The number of anilines is 2. The number of carboxylic acids is 1. The van der Waals surface area contributed by atoms with Crippen molar-refractivity contribution in [1.29, 1.82) is 0 Å². The van der Waals surface area contributed by atoms with Crippen molar-refractivity contribution in [1.82, 2.24) is 5.32 Å². The van der Waals surface area contributed by atoms with E-state index in [1.165, 1.54) is 32.2 Å². The Morgan fingerprint density at radius 1 is 0.946 bits per heavy atom. The maximum atomic E-state index is 13.4. The fourth-order valence-corrected chi connectivity index (χ4v) is 4.66. The van der Waals surface area contributed by atoms with Crippen LogP contribution in [0.25, 0.3) is 11.1 Å². The van der Waals surface area contributed by atoms with Crippen LogP contribution in [0.4, 0.5) is 11.4 Å². The van der Waals surface area contributed by atoms with Crippen LogP contribution in [0, 0.1) is 0 Å². The summed E-state index contributed by atoms with van der Waals surface area (Å²) in [5.74, 6) is 0.182. The molecule has 3 N–H and O–H groups in total. The first kappa shape index (κ1) is 25.6. The molecule has 9 nitrogen and oxygen atoms in total. The minimum atomic E-state index is -1.03. The molecule has 1 aliphatic rings. The Bertz CT molecular complexity index is 1420. The van der Waals surface area contributed by atoms with E-state index in [2.05, 4.69) is 10.6 Å². The second-order valence-electron chi connectivity index (χ2n) is 8.60. The van der Waals surface area contributed by atoms with Crippen molar-refractivity contribution < 1.29 is 28.9 Å². The Morgan fingerprint density at radius 2 is 1.65 bits per heavy atom. The summed E-state index contributed by atoms with van der Waals surface area (Å²) in [6.45, 7) is 1.44. The minimum Gasteiger partial charge on any atom is -0.493 e. The predicted molar refractivity (Wildman–Crippen MR) is 139 cm³/mol. The van der Waals surface area contributed by atoms with Crippen molar-refractivity contribution >= 4 is 23.3 Å². The van der Waals surface area contributed by atoms with Gasteiger partial charge in [-0.3, -0.25) is 9.59 Å². The largest absolute Gasteiger partial charge is 0.493 e. The van der Waals surface area contributed by atoms with Gasteiger partial charge < -0.3 is 30.0 Å². The number of rotatable bonds is 7. The average molecular weight is 505 g/mol. The predicted octanol–water partition coefficient (Wildman–Crippen LogP) is 4.30. The van der Waals surface area contributed by atoms with Crippen molar-refractivity contribution in [2.24, 2.45) is 0 Å². The third-order valence-electron chi connectivity index (χ3n) is 6.33. The lowest BCUT2D eigenvalue weighted by Crippen LogP contribution is -2.26. The molecule has 37 heavy (non-hydrogen) atoms. The van der Waals surface area contributed by atoms with E-state index in [1.54, 1.807) is 32.4 Å². The highest BCUT2D eigenvalue weighted by atomic mass is 16.5. The summed E-state index contributed by atoms with van der Waals surface area (Å²) in [6, 6.07) is 12.6. The zero-order valence-electron chi connectivity index (χ0n) is 21.0. The number of methoxy groups -OCH3 is 3. The number of hydrogen-bond acceptors (Lipinski definition) is 7. The number of nitrogens with one attached hydrogen (secondary N) is 2. The molecular weight excluding hydrogens is 476 g/mol. The first-order valence-electron chi connectivity index (χ1n) is 11.6. The number of carbonyl (C=O) groups excluding carboxylic acids is 1. The molecule has 9 heteroatoms. The van der Waals surface area contributed by atoms with Crippen LogP contribution in [-0.2, 0) is 11.2 Å². The van der Waals surface area contributed by atoms with Crippen molar-refractivity contribution in [2.75, 3.05) is 26.6 Å². The van der Waals surface area contributed by atoms with Crippen molar-refractivity contribution in [3.05, 3.63) is 75.4 Å². The topological polar surface area (TPSA) is 123 Å². The molecule has 0 saturated carbocycles. The van der Waals surface area contributed by atoms with E-state index >= 15 is 0 Å². The molecule has 0 unspecified atom stereocenters. The van der Waals surface area contributed by atoms with Gasteiger partial charge in [-0.1, -0.05) is 6.07 Å². The molecule has 0 fully saturated rings. The average Bonchev–Trinajstić information content (AvgIpc) is 3.12. The summed E-state index contributed by atoms with van der Waals surface area (Å²) in [5.41, 5.74) is 3.77. The van der Waals surface area contributed by atoms with E-state index in [1.807, 2.05) is 12.1 Å². The Morgan fingerprint density at radius 3 is 2.24 bits per heavy atom. The zero-order chi connectivity index (χ0) is 26.7. The van der Waals surface area contributed by atoms with Gasteiger partial charge in [0.05, 0.1) is 38.6 Å². The van der Waals surface area contributed by atoms with Gasteiger partial charge >= 0.3 is 5.97 Å². The SMILES string of the molecule is COc1cc2c(c(OC)c1OC)-c1ccc(Nc3ccc(C(=O)O)cc3)c(=O)cc1[C@H](NC(C)=O)CC2. The van der Waals surface area contributed by atoms with Crippen LogP contribution in [0.3, 0.4) is 0 Å². The summed E-state index contributed by atoms with van der Waals surface area (Å²) < 4.78 is 16.9. The number of amides is 1. The molecule has 0 bridgehead atoms. The number of hydrogen-bond donors (Lipinski definition) is 3. The Balaban J connectivity index is 1.93. The minimum absolute atomic E-state index is 0.143. The van der Waals surface area contributed by atoms with Gasteiger partial charge in [0.25, 0.3) is 0 Å². The van der Waals surface area contributed by atoms with Crippen molar-refractivity contribution in [3.63, 3.8) is 0 Å². The highest BCUT2D eigenvalue weighted by Crippen LogP contribution is 2.50. The van der Waals surface area contributed by atoms with Crippen LogP contribution in [0.15, 0.2) is 53.3 Å². The first-order chi connectivity index (χ1) is 17.8. The molecule has 0 heterocycles. The van der Waals surface area contributed by atoms with Crippen LogP contribution in [0.5, 0.6) is 17.2 Å². The van der Waals surface area contributed by atoms with E-state index in [0.29, 0.717) is 47.0 Å². The second-order valence-corrected chi connectivity index (χ2v) is 8.60. The normalized spacial score (nSPS) is 13.9. The summed E-state index contributed by atoms with van der Waals surface area (Å²) in [4.78, 5) is 36.6. The molecule has 0 radical (unpaired) electrons. The Labute approximate surface area is 214 Å². The lowest BCUT2D eigenvalue weighted by molar-refractivity contribution is -0.119. The van der Waals surface area contributed by atoms with Crippen LogP contribution in [0.1, 0.15) is 40.9 Å². The fraction of sp³-hybridized carbons (Fsp3) is 0.250. The van der Waals surface area contributed by atoms with E-state index in [9.17, 15) is 14.4 Å². The maximum absolute atomic E-state index is 13.4. The quantitative estimate of drug-likeness (QED) is 0.435. The summed E-state index contributed by atoms with van der Waals surface area (Å²) in [5, 5.41) is 15.2. The van der Waals surface area contributed by atoms with Gasteiger partial charge in [0, 0.05) is 18.2 Å². The Hall–Kier alpha value is -4.53. The van der Waals surface area contributed by atoms with Crippen LogP contribution in [-0.4, -0.2) is 38.3 Å². The maximum Gasteiger partial charge on any atom is 0.335 e. The summed E-state index contributed by atoms with van der Waals surface area (Å²) >= 11 is 0. The van der Waals surface area contributed by atoms with Crippen molar-refractivity contribution in [2.45, 2.75) is 25.8 Å². The van der Waals surface area contributed by atoms with Crippen LogP contribution < -0.4 is 30.3 Å². The number of carbonyl (C=O) groups is 2. The number of ether oxygens (including phenoxy) is 3. The third kappa shape index (κ3) is 5.06. The monoisotopic (exact) mass is 504 g/mol. The van der Waals surface area contributed by atoms with Gasteiger partial charge in [-0.2, -0.15) is 0 Å². The molecule has 0 saturated heterocycles. The highest BCUT2D eigenvalue weighted by Gasteiger charge is 2.29. The lowest BCUT2D eigenvalue weighted by atomic mass is 9.95. The lowest BCUT2D eigenvalue weighted by Gasteiger charge is -2.19. The van der Waals surface area contributed by atoms with E-state index in [0.717, 1.165) is 16.7 Å². The smallest absolute Gasteiger partial charge is 0.335 e. The van der Waals surface area contributed by atoms with Crippen molar-refractivity contribution in [3.8, 4) is 28.4 Å². The van der Waals surface area contributed by atoms with E-state index in [-0.39, 0.29) is 16.9 Å².